The number of amides is 13. The van der Waals surface area contributed by atoms with Crippen LogP contribution in [0.1, 0.15) is 135 Å². The number of aliphatic hydroxyl groups is 1. The summed E-state index contributed by atoms with van der Waals surface area (Å²) in [6, 6.07) is 8.65. The Kier molecular flexibility index (Phi) is 37.2. The maximum absolute atomic E-state index is 15.0. The number of carboxylic acids is 3. The second-order valence-electron chi connectivity index (χ2n) is 31.8. The third kappa shape index (κ3) is 30.2. The number of hydrogen-bond donors (Lipinski definition) is 22. The number of aromatic nitrogens is 3. The number of nitrogens with two attached hydrogens (primary N) is 3. The molecular formula is C85H114N18O20. The molecule has 664 valence electrons. The molecule has 38 heteroatoms. The van der Waals surface area contributed by atoms with Crippen molar-refractivity contribution in [3.05, 3.63) is 144 Å². The fourth-order valence-corrected chi connectivity index (χ4v) is 14.0. The van der Waals surface area contributed by atoms with E-state index in [-0.39, 0.29) is 76.2 Å². The van der Waals surface area contributed by atoms with E-state index in [1.54, 1.807) is 149 Å². The van der Waals surface area contributed by atoms with Gasteiger partial charge in [0.25, 0.3) is 0 Å². The Morgan fingerprint density at radius 2 is 0.691 bits per heavy atom. The number of benzene rings is 4. The first-order valence-corrected chi connectivity index (χ1v) is 40.8. The van der Waals surface area contributed by atoms with Crippen molar-refractivity contribution in [1.82, 2.24) is 78.8 Å². The maximum atomic E-state index is 15.0. The van der Waals surface area contributed by atoms with Crippen LogP contribution in [0.3, 0.4) is 0 Å². The van der Waals surface area contributed by atoms with Crippen molar-refractivity contribution in [2.75, 3.05) is 13.2 Å². The van der Waals surface area contributed by atoms with Gasteiger partial charge in [0.15, 0.2) is 0 Å². The van der Waals surface area contributed by atoms with Gasteiger partial charge in [-0.05, 0) is 117 Å². The van der Waals surface area contributed by atoms with Gasteiger partial charge in [-0.2, -0.15) is 0 Å². The molecule has 0 aliphatic carbocycles. The number of nitrogens with one attached hydrogen (secondary N) is 15. The molecule has 0 saturated carbocycles. The Morgan fingerprint density at radius 3 is 1.10 bits per heavy atom. The van der Waals surface area contributed by atoms with Crippen molar-refractivity contribution >= 4 is 127 Å². The number of fused-ring (bicyclic) bond motifs is 3. The molecule has 3 aromatic heterocycles. The van der Waals surface area contributed by atoms with Gasteiger partial charge < -0.3 is 116 Å². The van der Waals surface area contributed by atoms with Gasteiger partial charge in [-0.25, -0.2) is 4.79 Å². The molecule has 7 rings (SSSR count). The number of aliphatic hydroxyl groups excluding tert-OH is 1. The minimum Gasteiger partial charge on any atom is -0.481 e. The number of primary amides is 1. The number of hydrogen-bond acceptors (Lipinski definition) is 19. The van der Waals surface area contributed by atoms with E-state index < -0.39 is 211 Å². The Morgan fingerprint density at radius 1 is 0.350 bits per heavy atom. The van der Waals surface area contributed by atoms with E-state index in [9.17, 15) is 97.1 Å². The number of carbonyl (C=O) groups excluding carboxylic acids is 13. The van der Waals surface area contributed by atoms with Gasteiger partial charge in [-0.15, -0.1) is 0 Å². The molecule has 25 N–H and O–H groups in total. The number of aromatic amines is 3. The Hall–Kier alpha value is -13.1. The van der Waals surface area contributed by atoms with Crippen LogP contribution < -0.4 is 81.0 Å². The molecule has 0 fully saturated rings. The van der Waals surface area contributed by atoms with Crippen LogP contribution in [-0.4, -0.2) is 222 Å². The zero-order valence-electron chi connectivity index (χ0n) is 69.7. The third-order valence-corrected chi connectivity index (χ3v) is 20.3. The molecule has 0 spiro atoms. The molecule has 4 aromatic carbocycles. The molecule has 13 atom stereocenters. The molecule has 13 amide bonds. The summed E-state index contributed by atoms with van der Waals surface area (Å²) in [6.45, 7) is 10.6. The Balaban J connectivity index is 1.09. The minimum absolute atomic E-state index is 0.0339. The van der Waals surface area contributed by atoms with Gasteiger partial charge in [0.2, 0.25) is 76.8 Å². The molecular weight excluding hydrogens is 1590 g/mol. The van der Waals surface area contributed by atoms with Crippen molar-refractivity contribution < 1.29 is 97.1 Å². The predicted octanol–water partition coefficient (Wildman–Crippen LogP) is 0.125. The van der Waals surface area contributed by atoms with E-state index in [1.165, 1.54) is 6.92 Å². The topological polar surface area (TPSA) is 624 Å². The molecule has 0 aliphatic heterocycles. The van der Waals surface area contributed by atoms with E-state index in [0.717, 1.165) is 0 Å². The zero-order chi connectivity index (χ0) is 90.3. The summed E-state index contributed by atoms with van der Waals surface area (Å²) < 4.78 is 0. The average Bonchev–Trinajstić information content (AvgIpc) is 1.69. The van der Waals surface area contributed by atoms with E-state index in [0.29, 0.717) is 61.4 Å². The summed E-state index contributed by atoms with van der Waals surface area (Å²) in [6.07, 6.45) is 1.08. The minimum atomic E-state index is -1.94. The molecule has 0 aliphatic rings. The van der Waals surface area contributed by atoms with Crippen LogP contribution in [0.4, 0.5) is 0 Å². The van der Waals surface area contributed by atoms with E-state index in [2.05, 4.69) is 78.8 Å². The van der Waals surface area contributed by atoms with Crippen LogP contribution in [0.5, 0.6) is 0 Å². The van der Waals surface area contributed by atoms with Crippen LogP contribution >= 0.6 is 0 Å². The van der Waals surface area contributed by atoms with Crippen molar-refractivity contribution in [2.45, 2.75) is 217 Å². The molecule has 0 saturated heterocycles. The second kappa shape index (κ2) is 47.2. The standard InChI is InChI=1S/C85H114N18O20/c1-44(2)31-55(87)74(111)93-60(28-29-71(106)107)76(113)95-61(32-45(3)4)79(116)101-67(39-72(108)109)83(120)94-59(27-17-18-30-86)75(112)97-63(35-49-40-89-56-24-14-11-21-52(49)56)77(114)92-47(7)73(110)103-69(43-104)84(121)96-62(33-46(5)6)78(115)98-64(36-50-41-90-57-25-15-12-22-53(50)57)80(117)100-66(38-70(88)105)82(119)99-65(37-51-42-91-58-26-16-13-23-54(51)58)81(118)102-68(85(122)123)34-48-19-9-8-10-20-48/h8-16,19-26,40-42,44-47,55,59-69,89-91,104H,17-18,27-39,43,86-87H2,1-7H3,(H2,88,105)(H,92,114)(H,93,111)(H,94,120)(H,95,113)(H,96,121)(H,97,112)(H,98,115)(H,99,119)(H,100,117)(H,101,116)(H,102,118)(H,103,110)(H,106,107)(H,108,109)(H,122,123)/t47-,55-,59-,60-,61-,62-,63-,64-,65-,66-,67-,68-,69-/m0/s1. The SMILES string of the molecule is CC(C)C[C@H](NC(=O)[C@H](CO)NC(=O)[C@H](C)NC(=O)[C@H](Cc1c[nH]c2ccccc12)NC(=O)[C@H](CCCCN)NC(=O)[C@H](CC(=O)O)NC(=O)[C@H](CC(C)C)NC(=O)[C@H](CCC(=O)O)NC(=O)[C@@H](N)CC(C)C)C(=O)N[C@@H](Cc1c[nH]c2ccccc12)C(=O)N[C@@H](CC(N)=O)C(=O)N[C@@H](Cc1c[nH]c2ccccc12)C(=O)N[C@@H](Cc1ccccc1)C(=O)O. The molecule has 7 aromatic rings. The summed E-state index contributed by atoms with van der Waals surface area (Å²) in [4.78, 5) is 232. The molecule has 0 radical (unpaired) electrons. The molecule has 123 heavy (non-hydrogen) atoms. The van der Waals surface area contributed by atoms with Crippen molar-refractivity contribution in [3.63, 3.8) is 0 Å². The number of aliphatic carboxylic acids is 3. The number of carbonyl (C=O) groups is 16. The average molecular weight is 1710 g/mol. The fourth-order valence-electron chi connectivity index (χ4n) is 14.0. The van der Waals surface area contributed by atoms with E-state index in [4.69, 9.17) is 17.2 Å². The number of rotatable bonds is 51. The normalized spacial score (nSPS) is 14.6. The second-order valence-corrected chi connectivity index (χ2v) is 31.8. The van der Waals surface area contributed by atoms with Crippen molar-refractivity contribution in [2.24, 2.45) is 35.0 Å². The molecule has 0 unspecified atom stereocenters. The van der Waals surface area contributed by atoms with Crippen molar-refractivity contribution in [1.29, 1.82) is 0 Å². The van der Waals surface area contributed by atoms with Gasteiger partial charge in [0.05, 0.1) is 25.5 Å². The summed E-state index contributed by atoms with van der Waals surface area (Å²) in [5.74, 6) is -18.5. The molecule has 0 bridgehead atoms. The summed E-state index contributed by atoms with van der Waals surface area (Å²) in [5, 5.41) is 72.8. The van der Waals surface area contributed by atoms with Gasteiger partial charge in [-0.3, -0.25) is 71.9 Å². The van der Waals surface area contributed by atoms with Crippen LogP contribution in [0.25, 0.3) is 32.7 Å². The Labute approximate surface area is 709 Å². The summed E-state index contributed by atoms with van der Waals surface area (Å²) >= 11 is 0. The largest absolute Gasteiger partial charge is 0.481 e. The van der Waals surface area contributed by atoms with E-state index in [1.807, 2.05) is 13.8 Å². The highest BCUT2D eigenvalue weighted by molar-refractivity contribution is 6.02. The maximum Gasteiger partial charge on any atom is 0.326 e. The number of carboxylic acid groups (broad SMARTS) is 3. The van der Waals surface area contributed by atoms with Gasteiger partial charge in [-0.1, -0.05) is 126 Å². The van der Waals surface area contributed by atoms with Gasteiger partial charge >= 0.3 is 17.9 Å². The fraction of sp³-hybridized carbons (Fsp3) is 0.459. The number of para-hydroxylation sites is 3. The van der Waals surface area contributed by atoms with Gasteiger partial charge in [0.1, 0.15) is 72.5 Å². The number of H-pyrrole nitrogens is 3. The smallest absolute Gasteiger partial charge is 0.326 e. The summed E-state index contributed by atoms with van der Waals surface area (Å²) in [5.41, 5.74) is 21.6. The van der Waals surface area contributed by atoms with Crippen LogP contribution in [0, 0.1) is 17.8 Å². The van der Waals surface area contributed by atoms with Crippen LogP contribution in [-0.2, 0) is 102 Å². The first-order chi connectivity index (χ1) is 58.4. The third-order valence-electron chi connectivity index (χ3n) is 20.3. The monoisotopic (exact) mass is 1710 g/mol. The highest BCUT2D eigenvalue weighted by Gasteiger charge is 2.39. The predicted molar refractivity (Wildman–Crippen MR) is 452 cm³/mol. The Bertz CT molecular complexity index is 4870. The van der Waals surface area contributed by atoms with Crippen molar-refractivity contribution in [3.8, 4) is 0 Å². The highest BCUT2D eigenvalue weighted by atomic mass is 16.4. The lowest BCUT2D eigenvalue weighted by Gasteiger charge is -2.28. The number of unbranched alkanes of at least 4 members (excludes halogenated alkanes) is 1. The molecule has 38 nitrogen and oxygen atoms in total. The summed E-state index contributed by atoms with van der Waals surface area (Å²) in [7, 11) is 0. The lowest BCUT2D eigenvalue weighted by molar-refractivity contribution is -0.142. The highest BCUT2D eigenvalue weighted by Crippen LogP contribution is 2.24. The molecule has 3 heterocycles. The first kappa shape index (κ1) is 97.0. The quantitative estimate of drug-likeness (QED) is 0.0225. The van der Waals surface area contributed by atoms with E-state index >= 15 is 0 Å². The van der Waals surface area contributed by atoms with Crippen LogP contribution in [0.15, 0.2) is 122 Å². The van der Waals surface area contributed by atoms with Crippen LogP contribution in [0.2, 0.25) is 0 Å². The van der Waals surface area contributed by atoms with Gasteiger partial charge in [0, 0.05) is 83.4 Å². The zero-order valence-corrected chi connectivity index (χ0v) is 69.7. The lowest BCUT2D eigenvalue weighted by atomic mass is 10.00. The lowest BCUT2D eigenvalue weighted by Crippen LogP contribution is -2.61. The first-order valence-electron chi connectivity index (χ1n) is 40.8.